The minimum Gasteiger partial charge on any atom is -0.384 e. The average molecular weight is 431 g/mol. The van der Waals surface area contributed by atoms with Gasteiger partial charge in [-0.25, -0.2) is 4.98 Å². The monoisotopic (exact) mass is 430 g/mol. The molecule has 0 atom stereocenters. The third-order valence-electron chi connectivity index (χ3n) is 5.53. The Balaban J connectivity index is 1.80. The number of nitrogens with one attached hydrogen (secondary N) is 1. The van der Waals surface area contributed by atoms with E-state index in [1.807, 2.05) is 32.0 Å². The van der Waals surface area contributed by atoms with Gasteiger partial charge >= 0.3 is 0 Å². The lowest BCUT2D eigenvalue weighted by molar-refractivity contribution is 0.0730. The molecule has 0 saturated carbocycles. The first-order chi connectivity index (χ1) is 15.4. The Bertz CT molecular complexity index is 1170. The highest BCUT2D eigenvalue weighted by atomic mass is 16.3. The molecule has 0 bridgehead atoms. The lowest BCUT2D eigenvalue weighted by atomic mass is 9.98. The fraction of sp³-hybridized carbons (Fsp3) is 0.360. The molecule has 0 spiro atoms. The van der Waals surface area contributed by atoms with E-state index in [0.29, 0.717) is 5.82 Å². The molecule has 2 aromatic heterocycles. The van der Waals surface area contributed by atoms with E-state index in [9.17, 15) is 5.11 Å². The molecule has 7 heteroatoms. The van der Waals surface area contributed by atoms with Gasteiger partial charge in [-0.1, -0.05) is 56.7 Å². The van der Waals surface area contributed by atoms with Gasteiger partial charge in [0.1, 0.15) is 11.4 Å². The molecule has 0 aliphatic heterocycles. The number of imidazole rings is 1. The topological polar surface area (TPSA) is 92.5 Å². The number of hydrogen-bond acceptors (Lipinski definition) is 5. The summed E-state index contributed by atoms with van der Waals surface area (Å²) in [7, 11) is 0. The molecule has 0 unspecified atom stereocenters. The second-order valence-electron chi connectivity index (χ2n) is 8.55. The van der Waals surface area contributed by atoms with Gasteiger partial charge in [0.15, 0.2) is 0 Å². The summed E-state index contributed by atoms with van der Waals surface area (Å²) in [4.78, 5) is 4.88. The van der Waals surface area contributed by atoms with Crippen molar-refractivity contribution in [3.63, 3.8) is 0 Å². The minimum absolute atomic E-state index is 0.574. The standard InChI is InChI=1S/C25H30N6O/c1-5-9-21-23(25(3,4)32)26-22(10-6-2)31(21)18-15-13-17(14-16-18)19-11-7-8-12-20(19)24-27-29-30-28-24/h7-8,11-16,32H,5-6,9-10H2,1-4H3,(H,27,28,29,30). The van der Waals surface area contributed by atoms with Crippen molar-refractivity contribution in [3.05, 3.63) is 65.7 Å². The van der Waals surface area contributed by atoms with Crippen LogP contribution in [0.2, 0.25) is 0 Å². The molecule has 2 N–H and O–H groups in total. The Morgan fingerprint density at radius 2 is 1.62 bits per heavy atom. The molecular formula is C25H30N6O. The van der Waals surface area contributed by atoms with E-state index in [1.54, 1.807) is 0 Å². The maximum atomic E-state index is 10.8. The van der Waals surface area contributed by atoms with Gasteiger partial charge < -0.3 is 9.67 Å². The Labute approximate surface area is 188 Å². The van der Waals surface area contributed by atoms with Crippen LogP contribution in [0.5, 0.6) is 0 Å². The van der Waals surface area contributed by atoms with Gasteiger partial charge in [0.05, 0.1) is 5.69 Å². The van der Waals surface area contributed by atoms with Crippen molar-refractivity contribution >= 4 is 0 Å². The number of benzene rings is 2. The smallest absolute Gasteiger partial charge is 0.205 e. The molecule has 4 aromatic rings. The first-order valence-corrected chi connectivity index (χ1v) is 11.2. The number of aromatic nitrogens is 6. The number of tetrazole rings is 1. The number of H-pyrrole nitrogens is 1. The summed E-state index contributed by atoms with van der Waals surface area (Å²) in [6.07, 6.45) is 3.69. The Kier molecular flexibility index (Phi) is 6.19. The molecule has 7 nitrogen and oxygen atoms in total. The van der Waals surface area contributed by atoms with E-state index < -0.39 is 5.60 Å². The zero-order valence-electron chi connectivity index (χ0n) is 19.1. The van der Waals surface area contributed by atoms with Crippen molar-refractivity contribution < 1.29 is 5.11 Å². The molecule has 0 amide bonds. The van der Waals surface area contributed by atoms with E-state index in [2.05, 4.69) is 69.4 Å². The number of nitrogens with zero attached hydrogens (tertiary/aromatic N) is 5. The molecule has 0 aliphatic rings. The molecule has 2 aromatic carbocycles. The van der Waals surface area contributed by atoms with Crippen LogP contribution in [-0.4, -0.2) is 35.3 Å². The second-order valence-corrected chi connectivity index (χ2v) is 8.55. The van der Waals surface area contributed by atoms with Crippen LogP contribution in [0.25, 0.3) is 28.2 Å². The predicted molar refractivity (Wildman–Crippen MR) is 125 cm³/mol. The number of aliphatic hydroxyl groups is 1. The predicted octanol–water partition coefficient (Wildman–Crippen LogP) is 4.85. The van der Waals surface area contributed by atoms with E-state index in [0.717, 1.165) is 65.3 Å². The first-order valence-electron chi connectivity index (χ1n) is 11.2. The second kappa shape index (κ2) is 9.04. The molecular weight excluding hydrogens is 400 g/mol. The van der Waals surface area contributed by atoms with Crippen molar-refractivity contribution in [2.75, 3.05) is 0 Å². The molecule has 166 valence electrons. The maximum Gasteiger partial charge on any atom is 0.205 e. The summed E-state index contributed by atoms with van der Waals surface area (Å²) in [5.41, 5.74) is 4.98. The maximum absolute atomic E-state index is 10.8. The molecule has 4 rings (SSSR count). The zero-order valence-corrected chi connectivity index (χ0v) is 19.1. The number of hydrogen-bond donors (Lipinski definition) is 2. The Morgan fingerprint density at radius 1 is 0.938 bits per heavy atom. The van der Waals surface area contributed by atoms with E-state index >= 15 is 0 Å². The van der Waals surface area contributed by atoms with Crippen LogP contribution in [0.1, 0.15) is 57.7 Å². The lowest BCUT2D eigenvalue weighted by Gasteiger charge is -2.18. The quantitative estimate of drug-likeness (QED) is 0.417. The van der Waals surface area contributed by atoms with Crippen LogP contribution in [-0.2, 0) is 18.4 Å². The van der Waals surface area contributed by atoms with E-state index in [-0.39, 0.29) is 0 Å². The van der Waals surface area contributed by atoms with Gasteiger partial charge in [0, 0.05) is 23.4 Å². The van der Waals surface area contributed by atoms with Crippen molar-refractivity contribution in [1.82, 2.24) is 30.2 Å². The van der Waals surface area contributed by atoms with Crippen molar-refractivity contribution in [1.29, 1.82) is 0 Å². The summed E-state index contributed by atoms with van der Waals surface area (Å²) in [5.74, 6) is 1.57. The summed E-state index contributed by atoms with van der Waals surface area (Å²) in [6, 6.07) is 16.5. The van der Waals surface area contributed by atoms with Gasteiger partial charge in [0.25, 0.3) is 0 Å². The number of aryl methyl sites for hydroxylation is 1. The van der Waals surface area contributed by atoms with Crippen LogP contribution < -0.4 is 0 Å². The van der Waals surface area contributed by atoms with Crippen LogP contribution >= 0.6 is 0 Å². The Morgan fingerprint density at radius 3 is 2.22 bits per heavy atom. The van der Waals surface area contributed by atoms with Crippen molar-refractivity contribution in [2.24, 2.45) is 0 Å². The zero-order chi connectivity index (χ0) is 22.7. The first kappa shape index (κ1) is 21.9. The third kappa shape index (κ3) is 4.21. The lowest BCUT2D eigenvalue weighted by Crippen LogP contribution is -2.19. The normalized spacial score (nSPS) is 11.8. The molecule has 0 saturated heterocycles. The van der Waals surface area contributed by atoms with Crippen molar-refractivity contribution in [3.8, 4) is 28.2 Å². The van der Waals surface area contributed by atoms with Crippen LogP contribution in [0.3, 0.4) is 0 Å². The number of aromatic amines is 1. The van der Waals surface area contributed by atoms with Crippen LogP contribution in [0.4, 0.5) is 0 Å². The van der Waals surface area contributed by atoms with Crippen LogP contribution in [0.15, 0.2) is 48.5 Å². The molecule has 0 radical (unpaired) electrons. The fourth-order valence-electron chi connectivity index (χ4n) is 4.15. The highest BCUT2D eigenvalue weighted by Gasteiger charge is 2.27. The molecule has 32 heavy (non-hydrogen) atoms. The van der Waals surface area contributed by atoms with E-state index in [4.69, 9.17) is 4.98 Å². The summed E-state index contributed by atoms with van der Waals surface area (Å²) < 4.78 is 2.23. The third-order valence-corrected chi connectivity index (χ3v) is 5.53. The van der Waals surface area contributed by atoms with Gasteiger partial charge in [-0.2, -0.15) is 5.21 Å². The van der Waals surface area contributed by atoms with Gasteiger partial charge in [0.2, 0.25) is 5.82 Å². The molecule has 2 heterocycles. The minimum atomic E-state index is -0.984. The molecule has 0 fully saturated rings. The SMILES string of the molecule is CCCc1nc(C(C)(C)O)c(CCC)n1-c1ccc(-c2ccccc2-c2nn[nH]n2)cc1. The summed E-state index contributed by atoms with van der Waals surface area (Å²) in [5, 5.41) is 25.3. The van der Waals surface area contributed by atoms with Gasteiger partial charge in [-0.3, -0.25) is 0 Å². The highest BCUT2D eigenvalue weighted by molar-refractivity contribution is 5.80. The summed E-state index contributed by atoms with van der Waals surface area (Å²) >= 11 is 0. The van der Waals surface area contributed by atoms with E-state index in [1.165, 1.54) is 0 Å². The summed E-state index contributed by atoms with van der Waals surface area (Å²) in [6.45, 7) is 7.93. The van der Waals surface area contributed by atoms with Crippen molar-refractivity contribution in [2.45, 2.75) is 59.0 Å². The average Bonchev–Trinajstić information content (AvgIpc) is 3.43. The largest absolute Gasteiger partial charge is 0.384 e. The van der Waals surface area contributed by atoms with Gasteiger partial charge in [-0.15, -0.1) is 10.2 Å². The fourth-order valence-corrected chi connectivity index (χ4v) is 4.15. The molecule has 0 aliphatic carbocycles. The Hall–Kier alpha value is -3.32. The van der Waals surface area contributed by atoms with Gasteiger partial charge in [-0.05, 0) is 55.2 Å². The number of rotatable bonds is 8. The highest BCUT2D eigenvalue weighted by Crippen LogP contribution is 2.32. The van der Waals surface area contributed by atoms with Crippen LogP contribution in [0, 0.1) is 0 Å².